The van der Waals surface area contributed by atoms with Crippen LogP contribution in [0.4, 0.5) is 0 Å². The minimum absolute atomic E-state index is 0.0958. The molecule has 0 saturated heterocycles. The molecule has 2 rings (SSSR count). The molecule has 1 heterocycles. The van der Waals surface area contributed by atoms with Gasteiger partial charge in [-0.05, 0) is 43.2 Å². The van der Waals surface area contributed by atoms with E-state index < -0.39 is 0 Å². The molecule has 2 aromatic rings. The summed E-state index contributed by atoms with van der Waals surface area (Å²) in [4.78, 5) is 14.9. The quantitative estimate of drug-likeness (QED) is 0.888. The van der Waals surface area contributed by atoms with Crippen molar-refractivity contribution in [2.45, 2.75) is 26.4 Å². The van der Waals surface area contributed by atoms with Gasteiger partial charge in [-0.1, -0.05) is 35.7 Å². The molecule has 1 aromatic carbocycles. The lowest BCUT2D eigenvalue weighted by Crippen LogP contribution is -2.24. The van der Waals surface area contributed by atoms with Crippen molar-refractivity contribution in [3.63, 3.8) is 0 Å². The molecule has 1 amide bonds. The predicted molar refractivity (Wildman–Crippen MR) is 84.3 cm³/mol. The van der Waals surface area contributed by atoms with Crippen molar-refractivity contribution < 1.29 is 4.79 Å². The molecule has 0 saturated carbocycles. The lowest BCUT2D eigenvalue weighted by atomic mass is 10.1. The minimum Gasteiger partial charge on any atom is -0.347 e. The SMILES string of the molecule is CCc1nnsc1C(=O)NCc1ccccc1CN(C)C. The Balaban J connectivity index is 2.05. The van der Waals surface area contributed by atoms with Crippen molar-refractivity contribution in [2.75, 3.05) is 14.1 Å². The van der Waals surface area contributed by atoms with Crippen molar-refractivity contribution in [2.24, 2.45) is 0 Å². The second-order valence-electron chi connectivity index (χ2n) is 5.09. The second kappa shape index (κ2) is 7.28. The summed E-state index contributed by atoms with van der Waals surface area (Å²) in [7, 11) is 4.07. The number of nitrogens with one attached hydrogen (secondary N) is 1. The largest absolute Gasteiger partial charge is 0.347 e. The molecule has 0 fully saturated rings. The summed E-state index contributed by atoms with van der Waals surface area (Å²) in [5.41, 5.74) is 3.12. The van der Waals surface area contributed by atoms with Crippen LogP contribution in [0, 0.1) is 0 Å². The zero-order valence-corrected chi connectivity index (χ0v) is 13.4. The van der Waals surface area contributed by atoms with Gasteiger partial charge in [-0.15, -0.1) is 5.10 Å². The Morgan fingerprint density at radius 2 is 2.00 bits per heavy atom. The van der Waals surface area contributed by atoms with Crippen LogP contribution >= 0.6 is 11.5 Å². The Morgan fingerprint density at radius 3 is 2.67 bits per heavy atom. The standard InChI is InChI=1S/C15H20N4OS/c1-4-13-14(21-18-17-13)15(20)16-9-11-7-5-6-8-12(11)10-19(2)3/h5-8H,4,9-10H2,1-3H3,(H,16,20). The van der Waals surface area contributed by atoms with Gasteiger partial charge in [0.15, 0.2) is 0 Å². The van der Waals surface area contributed by atoms with Gasteiger partial charge in [0.05, 0.1) is 5.69 Å². The molecule has 0 aliphatic carbocycles. The molecule has 0 atom stereocenters. The molecule has 0 radical (unpaired) electrons. The first kappa shape index (κ1) is 15.6. The number of amides is 1. The van der Waals surface area contributed by atoms with Gasteiger partial charge in [-0.3, -0.25) is 4.79 Å². The Hall–Kier alpha value is -1.79. The highest BCUT2D eigenvalue weighted by atomic mass is 32.1. The molecule has 0 unspecified atom stereocenters. The van der Waals surface area contributed by atoms with Crippen LogP contribution in [0.1, 0.15) is 33.4 Å². The Labute approximate surface area is 129 Å². The average molecular weight is 304 g/mol. The summed E-state index contributed by atoms with van der Waals surface area (Å²) in [5, 5.41) is 6.93. The first-order valence-corrected chi connectivity index (χ1v) is 7.70. The Morgan fingerprint density at radius 1 is 1.29 bits per heavy atom. The second-order valence-corrected chi connectivity index (χ2v) is 5.85. The van der Waals surface area contributed by atoms with Gasteiger partial charge in [-0.25, -0.2) is 0 Å². The molecule has 5 nitrogen and oxygen atoms in total. The monoisotopic (exact) mass is 304 g/mol. The maximum Gasteiger partial charge on any atom is 0.265 e. The van der Waals surface area contributed by atoms with Crippen LogP contribution in [0.15, 0.2) is 24.3 Å². The number of hydrogen-bond acceptors (Lipinski definition) is 5. The third kappa shape index (κ3) is 4.09. The van der Waals surface area contributed by atoms with E-state index >= 15 is 0 Å². The van der Waals surface area contributed by atoms with E-state index in [1.807, 2.05) is 39.2 Å². The highest BCUT2D eigenvalue weighted by Gasteiger charge is 2.15. The van der Waals surface area contributed by atoms with Crippen molar-refractivity contribution in [1.82, 2.24) is 19.8 Å². The topological polar surface area (TPSA) is 58.1 Å². The summed E-state index contributed by atoms with van der Waals surface area (Å²) in [6.07, 6.45) is 0.719. The molecule has 1 N–H and O–H groups in total. The van der Waals surface area contributed by atoms with Crippen LogP contribution < -0.4 is 5.32 Å². The van der Waals surface area contributed by atoms with Crippen molar-refractivity contribution in [1.29, 1.82) is 0 Å². The maximum absolute atomic E-state index is 12.2. The molecular weight excluding hydrogens is 284 g/mol. The molecule has 112 valence electrons. The third-order valence-corrected chi connectivity index (χ3v) is 3.91. The highest BCUT2D eigenvalue weighted by molar-refractivity contribution is 7.08. The number of carbonyl (C=O) groups is 1. The van der Waals surface area contributed by atoms with Crippen molar-refractivity contribution >= 4 is 17.4 Å². The summed E-state index contributed by atoms with van der Waals surface area (Å²) < 4.78 is 3.85. The molecule has 0 aliphatic rings. The number of carbonyl (C=O) groups excluding carboxylic acids is 1. The first-order chi connectivity index (χ1) is 10.1. The fourth-order valence-corrected chi connectivity index (χ4v) is 2.76. The maximum atomic E-state index is 12.2. The van der Waals surface area contributed by atoms with Gasteiger partial charge in [-0.2, -0.15) is 0 Å². The summed E-state index contributed by atoms with van der Waals surface area (Å²) >= 11 is 1.15. The van der Waals surface area contributed by atoms with Crippen LogP contribution in [-0.4, -0.2) is 34.5 Å². The van der Waals surface area contributed by atoms with Gasteiger partial charge < -0.3 is 10.2 Å². The van der Waals surface area contributed by atoms with Crippen LogP contribution in [0.25, 0.3) is 0 Å². The molecule has 1 aromatic heterocycles. The zero-order chi connectivity index (χ0) is 15.2. The zero-order valence-electron chi connectivity index (χ0n) is 12.6. The van der Waals surface area contributed by atoms with Gasteiger partial charge in [0.2, 0.25) is 0 Å². The third-order valence-electron chi connectivity index (χ3n) is 3.14. The van der Waals surface area contributed by atoms with Crippen LogP contribution in [0.5, 0.6) is 0 Å². The van der Waals surface area contributed by atoms with E-state index in [9.17, 15) is 4.79 Å². The summed E-state index contributed by atoms with van der Waals surface area (Å²) in [6.45, 7) is 3.35. The highest BCUT2D eigenvalue weighted by Crippen LogP contribution is 2.13. The lowest BCUT2D eigenvalue weighted by Gasteiger charge is -2.14. The fraction of sp³-hybridized carbons (Fsp3) is 0.400. The van der Waals surface area contributed by atoms with Gasteiger partial charge >= 0.3 is 0 Å². The van der Waals surface area contributed by atoms with E-state index in [0.717, 1.165) is 35.8 Å². The van der Waals surface area contributed by atoms with Crippen molar-refractivity contribution in [3.8, 4) is 0 Å². The summed E-state index contributed by atoms with van der Waals surface area (Å²) in [6, 6.07) is 8.15. The lowest BCUT2D eigenvalue weighted by molar-refractivity contribution is 0.0954. The van der Waals surface area contributed by atoms with E-state index in [4.69, 9.17) is 0 Å². The average Bonchev–Trinajstić information content (AvgIpc) is 2.94. The molecule has 6 heteroatoms. The number of rotatable bonds is 6. The number of aryl methyl sites for hydroxylation is 1. The Kier molecular flexibility index (Phi) is 5.41. The molecule has 21 heavy (non-hydrogen) atoms. The smallest absolute Gasteiger partial charge is 0.265 e. The number of aromatic nitrogens is 2. The van der Waals surface area contributed by atoms with E-state index in [1.54, 1.807) is 0 Å². The molecule has 0 spiro atoms. The van der Waals surface area contributed by atoms with Gasteiger partial charge in [0.1, 0.15) is 4.88 Å². The first-order valence-electron chi connectivity index (χ1n) is 6.92. The fourth-order valence-electron chi connectivity index (χ4n) is 2.09. The normalized spacial score (nSPS) is 10.9. The summed E-state index contributed by atoms with van der Waals surface area (Å²) in [5.74, 6) is -0.0958. The predicted octanol–water partition coefficient (Wildman–Crippen LogP) is 2.09. The van der Waals surface area contributed by atoms with Crippen LogP contribution in [0.3, 0.4) is 0 Å². The Bertz CT molecular complexity index is 609. The number of nitrogens with zero attached hydrogens (tertiary/aromatic N) is 3. The van der Waals surface area contributed by atoms with E-state index in [0.29, 0.717) is 11.4 Å². The van der Waals surface area contributed by atoms with Gasteiger partial charge in [0.25, 0.3) is 5.91 Å². The number of benzene rings is 1. The molecular formula is C15H20N4OS. The van der Waals surface area contributed by atoms with E-state index in [1.165, 1.54) is 5.56 Å². The number of hydrogen-bond donors (Lipinski definition) is 1. The van der Waals surface area contributed by atoms with E-state index in [-0.39, 0.29) is 5.91 Å². The van der Waals surface area contributed by atoms with E-state index in [2.05, 4.69) is 25.9 Å². The van der Waals surface area contributed by atoms with Crippen LogP contribution in [0.2, 0.25) is 0 Å². The van der Waals surface area contributed by atoms with Crippen LogP contribution in [-0.2, 0) is 19.5 Å². The van der Waals surface area contributed by atoms with Crippen molar-refractivity contribution in [3.05, 3.63) is 46.0 Å². The molecule has 0 bridgehead atoms. The molecule has 0 aliphatic heterocycles. The van der Waals surface area contributed by atoms with Gasteiger partial charge in [0, 0.05) is 13.1 Å². The minimum atomic E-state index is -0.0958.